The molecular weight excluding hydrogens is 428 g/mol. The molecule has 1 heterocycles. The van der Waals surface area contributed by atoms with Gasteiger partial charge in [0.15, 0.2) is 11.5 Å². The van der Waals surface area contributed by atoms with E-state index in [1.54, 1.807) is 39.5 Å². The average Bonchev–Trinajstić information content (AvgIpc) is 3.29. The van der Waals surface area contributed by atoms with Crippen LogP contribution in [0.25, 0.3) is 0 Å². The van der Waals surface area contributed by atoms with Crippen molar-refractivity contribution < 1.29 is 22.7 Å². The lowest BCUT2D eigenvalue weighted by atomic mass is 10.1. The second kappa shape index (κ2) is 9.24. The predicted molar refractivity (Wildman–Crippen MR) is 115 cm³/mol. The predicted octanol–water partition coefficient (Wildman–Crippen LogP) is 3.41. The van der Waals surface area contributed by atoms with Crippen LogP contribution in [-0.2, 0) is 16.6 Å². The number of carbonyl (C=O) groups excluding carboxylic acids is 1. The van der Waals surface area contributed by atoms with Gasteiger partial charge in [-0.15, -0.1) is 0 Å². The van der Waals surface area contributed by atoms with Crippen LogP contribution in [0.15, 0.2) is 41.3 Å². The molecule has 0 spiro atoms. The Morgan fingerprint density at radius 3 is 2.37 bits per heavy atom. The summed E-state index contributed by atoms with van der Waals surface area (Å²) >= 11 is 6.18. The summed E-state index contributed by atoms with van der Waals surface area (Å²) in [6, 6.07) is 9.78. The van der Waals surface area contributed by atoms with Crippen LogP contribution in [-0.4, -0.2) is 57.9 Å². The third-order valence-corrected chi connectivity index (χ3v) is 7.46. The summed E-state index contributed by atoms with van der Waals surface area (Å²) in [5.41, 5.74) is 1.11. The van der Waals surface area contributed by atoms with E-state index in [9.17, 15) is 13.2 Å². The monoisotopic (exact) mass is 452 g/mol. The highest BCUT2D eigenvalue weighted by atomic mass is 35.5. The Hall–Kier alpha value is -2.29. The Labute approximate surface area is 182 Å². The van der Waals surface area contributed by atoms with Crippen LogP contribution < -0.4 is 9.47 Å². The average molecular weight is 453 g/mol. The van der Waals surface area contributed by atoms with Crippen molar-refractivity contribution in [2.45, 2.75) is 24.3 Å². The Morgan fingerprint density at radius 1 is 1.07 bits per heavy atom. The van der Waals surface area contributed by atoms with Crippen LogP contribution in [0.1, 0.15) is 28.8 Å². The third kappa shape index (κ3) is 4.55. The van der Waals surface area contributed by atoms with Crippen molar-refractivity contribution in [1.82, 2.24) is 9.21 Å². The van der Waals surface area contributed by atoms with Crippen molar-refractivity contribution in [2.75, 3.05) is 34.4 Å². The molecule has 0 aromatic heterocycles. The van der Waals surface area contributed by atoms with Gasteiger partial charge in [0, 0.05) is 32.2 Å². The summed E-state index contributed by atoms with van der Waals surface area (Å²) < 4.78 is 37.8. The van der Waals surface area contributed by atoms with E-state index < -0.39 is 10.0 Å². The van der Waals surface area contributed by atoms with Gasteiger partial charge in [-0.3, -0.25) is 4.79 Å². The van der Waals surface area contributed by atoms with Gasteiger partial charge in [0.2, 0.25) is 10.0 Å². The van der Waals surface area contributed by atoms with E-state index >= 15 is 0 Å². The first-order valence-corrected chi connectivity index (χ1v) is 11.4. The topological polar surface area (TPSA) is 76.2 Å². The SMILES string of the molecule is COc1ccc(CN(C)C(=O)c2ccc(Cl)c(S(=O)(=O)N3CCCC3)c2)cc1OC. The molecule has 0 saturated carbocycles. The van der Waals surface area contributed by atoms with E-state index in [1.165, 1.54) is 21.3 Å². The van der Waals surface area contributed by atoms with Crippen molar-refractivity contribution in [3.63, 3.8) is 0 Å². The molecule has 3 rings (SSSR count). The fourth-order valence-electron chi connectivity index (χ4n) is 3.45. The Balaban J connectivity index is 1.83. The molecule has 162 valence electrons. The van der Waals surface area contributed by atoms with Crippen LogP contribution in [0.2, 0.25) is 5.02 Å². The summed E-state index contributed by atoms with van der Waals surface area (Å²) in [4.78, 5) is 14.4. The maximum absolute atomic E-state index is 13.0. The van der Waals surface area contributed by atoms with E-state index in [-0.39, 0.29) is 21.4 Å². The number of nitrogens with zero attached hydrogens (tertiary/aromatic N) is 2. The van der Waals surface area contributed by atoms with E-state index in [1.807, 2.05) is 6.07 Å². The van der Waals surface area contributed by atoms with Crippen molar-refractivity contribution in [2.24, 2.45) is 0 Å². The minimum Gasteiger partial charge on any atom is -0.493 e. The molecular formula is C21H25ClN2O5S. The van der Waals surface area contributed by atoms with Gasteiger partial charge in [-0.25, -0.2) is 8.42 Å². The molecule has 1 amide bonds. The molecule has 9 heteroatoms. The summed E-state index contributed by atoms with van der Waals surface area (Å²) in [7, 11) is 1.03. The normalized spacial score (nSPS) is 14.5. The third-order valence-electron chi connectivity index (χ3n) is 5.08. The Kier molecular flexibility index (Phi) is 6.90. The molecule has 30 heavy (non-hydrogen) atoms. The fourth-order valence-corrected chi connectivity index (χ4v) is 5.46. The highest BCUT2D eigenvalue weighted by Crippen LogP contribution is 2.30. The van der Waals surface area contributed by atoms with E-state index in [2.05, 4.69) is 0 Å². The molecule has 7 nitrogen and oxygen atoms in total. The van der Waals surface area contributed by atoms with Gasteiger partial charge in [-0.2, -0.15) is 4.31 Å². The van der Waals surface area contributed by atoms with Crippen molar-refractivity contribution in [3.05, 3.63) is 52.5 Å². The summed E-state index contributed by atoms with van der Waals surface area (Å²) in [6.07, 6.45) is 1.65. The quantitative estimate of drug-likeness (QED) is 0.643. The first kappa shape index (κ1) is 22.4. The van der Waals surface area contributed by atoms with Crippen LogP contribution in [0.3, 0.4) is 0 Å². The second-order valence-corrected chi connectivity index (χ2v) is 9.42. The maximum Gasteiger partial charge on any atom is 0.253 e. The molecule has 2 aromatic carbocycles. The van der Waals surface area contributed by atoms with Gasteiger partial charge in [0.25, 0.3) is 5.91 Å². The molecule has 0 unspecified atom stereocenters. The maximum atomic E-state index is 13.0. The highest BCUT2D eigenvalue weighted by Gasteiger charge is 2.30. The molecule has 0 aliphatic carbocycles. The molecule has 0 bridgehead atoms. The van der Waals surface area contributed by atoms with E-state index in [4.69, 9.17) is 21.1 Å². The molecule has 1 aliphatic rings. The number of benzene rings is 2. The number of amides is 1. The number of halogens is 1. The summed E-state index contributed by atoms with van der Waals surface area (Å²) in [6.45, 7) is 1.25. The summed E-state index contributed by atoms with van der Waals surface area (Å²) in [5, 5.41) is 0.112. The van der Waals surface area contributed by atoms with Gasteiger partial charge in [-0.05, 0) is 48.7 Å². The largest absolute Gasteiger partial charge is 0.493 e. The zero-order valence-electron chi connectivity index (χ0n) is 17.2. The van der Waals surface area contributed by atoms with Gasteiger partial charge >= 0.3 is 0 Å². The number of carbonyl (C=O) groups is 1. The standard InChI is InChI=1S/C21H25ClN2O5S/c1-23(14-15-6-9-18(28-2)19(12-15)29-3)21(25)16-7-8-17(22)20(13-16)30(26,27)24-10-4-5-11-24/h6-9,12-13H,4-5,10-11,14H2,1-3H3. The zero-order valence-corrected chi connectivity index (χ0v) is 18.8. The van der Waals surface area contributed by atoms with Gasteiger partial charge < -0.3 is 14.4 Å². The molecule has 1 fully saturated rings. The zero-order chi connectivity index (χ0) is 21.9. The minimum absolute atomic E-state index is 0.0311. The minimum atomic E-state index is -3.73. The Morgan fingerprint density at radius 2 is 1.73 bits per heavy atom. The lowest BCUT2D eigenvalue weighted by Crippen LogP contribution is -2.29. The molecule has 1 aliphatic heterocycles. The lowest BCUT2D eigenvalue weighted by Gasteiger charge is -2.20. The fraction of sp³-hybridized carbons (Fsp3) is 0.381. The highest BCUT2D eigenvalue weighted by molar-refractivity contribution is 7.89. The van der Waals surface area contributed by atoms with E-state index in [0.717, 1.165) is 18.4 Å². The molecule has 1 saturated heterocycles. The Bertz CT molecular complexity index is 1040. The molecule has 0 N–H and O–H groups in total. The smallest absolute Gasteiger partial charge is 0.253 e. The van der Waals surface area contributed by atoms with E-state index in [0.29, 0.717) is 31.1 Å². The van der Waals surface area contributed by atoms with Gasteiger partial charge in [0.05, 0.1) is 19.2 Å². The first-order valence-electron chi connectivity index (χ1n) is 9.54. The second-order valence-electron chi connectivity index (χ2n) is 7.11. The molecule has 2 aromatic rings. The van der Waals surface area contributed by atoms with Crippen LogP contribution in [0, 0.1) is 0 Å². The van der Waals surface area contributed by atoms with Crippen LogP contribution in [0.4, 0.5) is 0 Å². The van der Waals surface area contributed by atoms with Gasteiger partial charge in [0.1, 0.15) is 4.90 Å². The van der Waals surface area contributed by atoms with Crippen molar-refractivity contribution in [1.29, 1.82) is 0 Å². The number of ether oxygens (including phenoxy) is 2. The van der Waals surface area contributed by atoms with Crippen LogP contribution >= 0.6 is 11.6 Å². The van der Waals surface area contributed by atoms with Crippen molar-refractivity contribution in [3.8, 4) is 11.5 Å². The number of sulfonamides is 1. The van der Waals surface area contributed by atoms with Crippen LogP contribution in [0.5, 0.6) is 11.5 Å². The first-order chi connectivity index (χ1) is 14.3. The number of hydrogen-bond acceptors (Lipinski definition) is 5. The number of methoxy groups -OCH3 is 2. The van der Waals surface area contributed by atoms with Crippen molar-refractivity contribution >= 4 is 27.5 Å². The molecule has 0 radical (unpaired) electrons. The number of hydrogen-bond donors (Lipinski definition) is 0. The summed E-state index contributed by atoms with van der Waals surface area (Å²) in [5.74, 6) is 0.866. The lowest BCUT2D eigenvalue weighted by molar-refractivity contribution is 0.0784. The van der Waals surface area contributed by atoms with Gasteiger partial charge in [-0.1, -0.05) is 17.7 Å². The number of rotatable bonds is 7. The molecule has 0 atom stereocenters.